The lowest BCUT2D eigenvalue weighted by Crippen LogP contribution is -2.48. The minimum Gasteiger partial charge on any atom is -0.465 e. The van der Waals surface area contributed by atoms with Crippen molar-refractivity contribution in [1.29, 1.82) is 0 Å². The molecule has 0 saturated carbocycles. The van der Waals surface area contributed by atoms with Crippen molar-refractivity contribution in [3.63, 3.8) is 0 Å². The lowest BCUT2D eigenvalue weighted by Gasteiger charge is -2.26. The van der Waals surface area contributed by atoms with Gasteiger partial charge < -0.3 is 14.8 Å². The van der Waals surface area contributed by atoms with Gasteiger partial charge in [-0.15, -0.1) is 0 Å². The van der Waals surface area contributed by atoms with Crippen LogP contribution >= 0.6 is 11.8 Å². The second kappa shape index (κ2) is 8.90. The first-order chi connectivity index (χ1) is 9.53. The Morgan fingerprint density at radius 2 is 2.25 bits per heavy atom. The van der Waals surface area contributed by atoms with E-state index in [1.807, 2.05) is 32.7 Å². The molecule has 1 heterocycles. The Labute approximate surface area is 127 Å². The van der Waals surface area contributed by atoms with Crippen LogP contribution in [0.4, 0.5) is 0 Å². The first-order valence-electron chi connectivity index (χ1n) is 7.63. The monoisotopic (exact) mass is 303 g/mol. The summed E-state index contributed by atoms with van der Waals surface area (Å²) >= 11 is 2.01. The predicted molar refractivity (Wildman–Crippen MR) is 84.2 cm³/mol. The van der Waals surface area contributed by atoms with Crippen molar-refractivity contribution in [3.05, 3.63) is 0 Å². The minimum absolute atomic E-state index is 0.145. The van der Waals surface area contributed by atoms with Gasteiger partial charge in [-0.2, -0.15) is 11.8 Å². The van der Waals surface area contributed by atoms with Crippen LogP contribution in [-0.2, 0) is 14.3 Å². The zero-order valence-electron chi connectivity index (χ0n) is 13.2. The number of rotatable bonds is 9. The highest BCUT2D eigenvalue weighted by molar-refractivity contribution is 7.99. The molecule has 1 N–H and O–H groups in total. The first kappa shape index (κ1) is 17.8. The molecule has 118 valence electrons. The molecule has 20 heavy (non-hydrogen) atoms. The van der Waals surface area contributed by atoms with E-state index < -0.39 is 5.54 Å². The zero-order valence-corrected chi connectivity index (χ0v) is 14.1. The molecular weight excluding hydrogens is 274 g/mol. The molecule has 0 aromatic carbocycles. The average molecular weight is 303 g/mol. The molecule has 3 atom stereocenters. The number of carbonyl (C=O) groups excluding carboxylic acids is 1. The molecule has 1 aliphatic rings. The van der Waals surface area contributed by atoms with Crippen LogP contribution in [0, 0.1) is 0 Å². The summed E-state index contributed by atoms with van der Waals surface area (Å²) in [7, 11) is 1.82. The first-order valence-corrected chi connectivity index (χ1v) is 8.67. The van der Waals surface area contributed by atoms with Gasteiger partial charge in [-0.3, -0.25) is 4.79 Å². The van der Waals surface area contributed by atoms with Crippen molar-refractivity contribution in [2.24, 2.45) is 0 Å². The van der Waals surface area contributed by atoms with Crippen LogP contribution in [-0.4, -0.2) is 48.9 Å². The molecule has 0 aromatic rings. The Bertz CT molecular complexity index is 301. The second-order valence-corrected chi connectivity index (χ2v) is 6.88. The van der Waals surface area contributed by atoms with E-state index >= 15 is 0 Å². The molecule has 0 spiro atoms. The summed E-state index contributed by atoms with van der Waals surface area (Å²) in [5.41, 5.74) is -0.551. The third-order valence-electron chi connectivity index (χ3n) is 3.99. The lowest BCUT2D eigenvalue weighted by molar-refractivity contribution is -0.150. The number of thioether (sulfide) groups is 1. The van der Waals surface area contributed by atoms with E-state index in [9.17, 15) is 4.79 Å². The molecule has 1 aliphatic heterocycles. The number of esters is 1. The molecule has 0 bridgehead atoms. The van der Waals surface area contributed by atoms with Crippen molar-refractivity contribution in [1.82, 2.24) is 5.32 Å². The fourth-order valence-electron chi connectivity index (χ4n) is 2.37. The number of nitrogens with one attached hydrogen (secondary N) is 1. The fraction of sp³-hybridized carbons (Fsp3) is 0.933. The van der Waals surface area contributed by atoms with Gasteiger partial charge in [0.05, 0.1) is 12.7 Å². The number of likely N-dealkylation sites (N-methyl/N-ethyl adjacent to an activating group) is 1. The molecule has 1 saturated heterocycles. The highest BCUT2D eigenvalue weighted by Crippen LogP contribution is 2.27. The van der Waals surface area contributed by atoms with E-state index in [1.165, 1.54) is 6.42 Å². The van der Waals surface area contributed by atoms with Gasteiger partial charge in [0.25, 0.3) is 0 Å². The molecule has 1 fully saturated rings. The molecule has 0 aromatic heterocycles. The van der Waals surface area contributed by atoms with Gasteiger partial charge in [0, 0.05) is 11.9 Å². The van der Waals surface area contributed by atoms with Crippen molar-refractivity contribution in [2.45, 2.75) is 63.3 Å². The Kier molecular flexibility index (Phi) is 7.92. The van der Waals surface area contributed by atoms with Crippen LogP contribution in [0.5, 0.6) is 0 Å². The van der Waals surface area contributed by atoms with Crippen molar-refractivity contribution >= 4 is 17.7 Å². The zero-order chi connectivity index (χ0) is 15.0. The number of ether oxygens (including phenoxy) is 2. The largest absolute Gasteiger partial charge is 0.465 e. The maximum atomic E-state index is 11.9. The molecule has 0 amide bonds. The van der Waals surface area contributed by atoms with Crippen LogP contribution in [0.15, 0.2) is 0 Å². The average Bonchev–Trinajstić information content (AvgIpc) is 2.84. The minimum atomic E-state index is -0.551. The Balaban J connectivity index is 2.19. The maximum Gasteiger partial charge on any atom is 0.326 e. The third kappa shape index (κ3) is 5.26. The van der Waals surface area contributed by atoms with E-state index in [1.54, 1.807) is 0 Å². The molecule has 3 unspecified atom stereocenters. The van der Waals surface area contributed by atoms with Gasteiger partial charge in [-0.25, -0.2) is 0 Å². The normalized spacial score (nSPS) is 25.4. The SMILES string of the molecule is CCOC(=O)C(C)(CCCCSC1CCOC1C)NC. The Morgan fingerprint density at radius 1 is 1.50 bits per heavy atom. The summed E-state index contributed by atoms with van der Waals surface area (Å²) in [6.45, 7) is 7.26. The van der Waals surface area contributed by atoms with Crippen LogP contribution in [0.1, 0.15) is 46.5 Å². The maximum absolute atomic E-state index is 11.9. The predicted octanol–water partition coefficient (Wildman–Crippen LogP) is 2.61. The Morgan fingerprint density at radius 3 is 2.80 bits per heavy atom. The number of hydrogen-bond acceptors (Lipinski definition) is 5. The van der Waals surface area contributed by atoms with Crippen LogP contribution < -0.4 is 5.32 Å². The van der Waals surface area contributed by atoms with E-state index in [2.05, 4.69) is 12.2 Å². The summed E-state index contributed by atoms with van der Waals surface area (Å²) in [6, 6.07) is 0. The van der Waals surface area contributed by atoms with Crippen LogP contribution in [0.3, 0.4) is 0 Å². The molecule has 5 heteroatoms. The van der Waals surface area contributed by atoms with Crippen molar-refractivity contribution in [3.8, 4) is 0 Å². The Hall–Kier alpha value is -0.260. The molecule has 1 rings (SSSR count). The van der Waals surface area contributed by atoms with Gasteiger partial charge in [-0.05, 0) is 52.8 Å². The highest BCUT2D eigenvalue weighted by atomic mass is 32.2. The quantitative estimate of drug-likeness (QED) is 0.524. The van der Waals surface area contributed by atoms with Gasteiger partial charge >= 0.3 is 5.97 Å². The smallest absolute Gasteiger partial charge is 0.326 e. The lowest BCUT2D eigenvalue weighted by atomic mass is 9.95. The molecule has 0 aliphatic carbocycles. The standard InChI is InChI=1S/C15H29NO3S/c1-5-18-14(17)15(3,16-4)9-6-7-11-20-13-8-10-19-12(13)2/h12-13,16H,5-11H2,1-4H3. The van der Waals surface area contributed by atoms with Crippen molar-refractivity contribution < 1.29 is 14.3 Å². The van der Waals surface area contributed by atoms with Gasteiger partial charge in [0.2, 0.25) is 0 Å². The van der Waals surface area contributed by atoms with Gasteiger partial charge in [0.1, 0.15) is 5.54 Å². The number of hydrogen-bond donors (Lipinski definition) is 1. The van der Waals surface area contributed by atoms with Crippen LogP contribution in [0.25, 0.3) is 0 Å². The summed E-state index contributed by atoms with van der Waals surface area (Å²) < 4.78 is 10.7. The number of unbranched alkanes of at least 4 members (excludes halogenated alkanes) is 1. The third-order valence-corrected chi connectivity index (χ3v) is 5.56. The summed E-state index contributed by atoms with van der Waals surface area (Å²) in [5, 5.41) is 3.75. The molecule has 4 nitrogen and oxygen atoms in total. The summed E-state index contributed by atoms with van der Waals surface area (Å²) in [4.78, 5) is 11.9. The topological polar surface area (TPSA) is 47.6 Å². The fourth-order valence-corrected chi connectivity index (χ4v) is 3.65. The molecule has 0 radical (unpaired) electrons. The highest BCUT2D eigenvalue weighted by Gasteiger charge is 2.32. The molecular formula is C15H29NO3S. The summed E-state index contributed by atoms with van der Waals surface area (Å²) in [6.07, 6.45) is 4.54. The van der Waals surface area contributed by atoms with Gasteiger partial charge in [0.15, 0.2) is 0 Å². The van der Waals surface area contributed by atoms with E-state index in [0.717, 1.165) is 31.6 Å². The van der Waals surface area contributed by atoms with Crippen molar-refractivity contribution in [2.75, 3.05) is 26.0 Å². The van der Waals surface area contributed by atoms with E-state index in [4.69, 9.17) is 9.47 Å². The second-order valence-electron chi connectivity index (χ2n) is 5.53. The summed E-state index contributed by atoms with van der Waals surface area (Å²) in [5.74, 6) is 0.994. The number of carbonyl (C=O) groups is 1. The van der Waals surface area contributed by atoms with E-state index in [-0.39, 0.29) is 5.97 Å². The van der Waals surface area contributed by atoms with Gasteiger partial charge in [-0.1, -0.05) is 6.42 Å². The van der Waals surface area contributed by atoms with E-state index in [0.29, 0.717) is 18.0 Å². The van der Waals surface area contributed by atoms with Crippen LogP contribution in [0.2, 0.25) is 0 Å².